The molecule has 3 rings (SSSR count). The van der Waals surface area contributed by atoms with Crippen LogP contribution in [0.2, 0.25) is 0 Å². The van der Waals surface area contributed by atoms with Gasteiger partial charge in [0.2, 0.25) is 12.4 Å². The highest BCUT2D eigenvalue weighted by Crippen LogP contribution is 2.53. The molecule has 0 amide bonds. The van der Waals surface area contributed by atoms with Crippen LogP contribution >= 0.6 is 41.8 Å². The lowest BCUT2D eigenvalue weighted by atomic mass is 10.2. The minimum Gasteiger partial charge on any atom is -0.305 e. The van der Waals surface area contributed by atoms with Gasteiger partial charge in [-0.1, -0.05) is 95.2 Å². The van der Waals surface area contributed by atoms with E-state index in [1.807, 2.05) is 60.7 Å². The Kier molecular flexibility index (Phi) is 6.28. The highest BCUT2D eigenvalue weighted by Gasteiger charge is 2.20. The summed E-state index contributed by atoms with van der Waals surface area (Å²) in [5.41, 5.74) is 3.08. The van der Waals surface area contributed by atoms with Crippen molar-refractivity contribution in [3.63, 3.8) is 0 Å². The van der Waals surface area contributed by atoms with Crippen LogP contribution in [0.1, 0.15) is 11.1 Å². The lowest BCUT2D eigenvalue weighted by molar-refractivity contribution is 0.589. The van der Waals surface area contributed by atoms with Gasteiger partial charge in [-0.05, 0) is 11.1 Å². The number of hydrogen-bond donors (Lipinski definition) is 1. The molecule has 2 aromatic carbocycles. The quantitative estimate of drug-likeness (QED) is 0.449. The van der Waals surface area contributed by atoms with Gasteiger partial charge in [0.05, 0.1) is 10.1 Å². The van der Waals surface area contributed by atoms with Gasteiger partial charge in [-0.3, -0.25) is 4.57 Å². The van der Waals surface area contributed by atoms with Crippen molar-refractivity contribution in [1.29, 1.82) is 0 Å². The van der Waals surface area contributed by atoms with Crippen LogP contribution in [0.15, 0.2) is 77.8 Å². The Bertz CT molecular complexity index is 901. The van der Waals surface area contributed by atoms with Crippen LogP contribution in [0.4, 0.5) is 5.13 Å². The van der Waals surface area contributed by atoms with Gasteiger partial charge in [-0.2, -0.15) is 0 Å². The minimum absolute atomic E-state index is 0.361. The van der Waals surface area contributed by atoms with Crippen LogP contribution in [-0.2, 0) is 4.57 Å². The van der Waals surface area contributed by atoms with E-state index in [0.717, 1.165) is 11.1 Å². The first-order valence-electron chi connectivity index (χ1n) is 7.57. The fourth-order valence-corrected chi connectivity index (χ4v) is 5.72. The molecule has 1 heterocycles. The van der Waals surface area contributed by atoms with E-state index >= 15 is 0 Å². The van der Waals surface area contributed by atoms with E-state index in [4.69, 9.17) is 23.2 Å². The van der Waals surface area contributed by atoms with Crippen molar-refractivity contribution in [2.75, 3.05) is 5.09 Å². The average Bonchev–Trinajstić information content (AvgIpc) is 3.15. The third-order valence-electron chi connectivity index (χ3n) is 3.34. The summed E-state index contributed by atoms with van der Waals surface area (Å²) in [6.45, 7) is 0. The first kappa shape index (κ1) is 18.9. The highest BCUT2D eigenvalue weighted by atomic mass is 35.5. The molecule has 8 heteroatoms. The van der Waals surface area contributed by atoms with Crippen molar-refractivity contribution in [3.05, 3.63) is 88.9 Å². The van der Waals surface area contributed by atoms with E-state index in [-0.39, 0.29) is 0 Å². The summed E-state index contributed by atoms with van der Waals surface area (Å²) in [6, 6.07) is 18.6. The van der Waals surface area contributed by atoms with Crippen LogP contribution < -0.4 is 5.09 Å². The number of hydrogen-bond acceptors (Lipinski definition) is 4. The smallest absolute Gasteiger partial charge is 0.217 e. The Morgan fingerprint density at radius 1 is 0.923 bits per heavy atom. The Morgan fingerprint density at radius 2 is 1.42 bits per heavy atom. The Hall–Kier alpha value is -1.91. The Morgan fingerprint density at radius 3 is 1.85 bits per heavy atom. The number of nitrogens with one attached hydrogen (secondary N) is 1. The second-order valence-corrected chi connectivity index (χ2v) is 9.06. The van der Waals surface area contributed by atoms with Crippen molar-refractivity contribution < 1.29 is 4.57 Å². The minimum atomic E-state index is -3.28. The van der Waals surface area contributed by atoms with Crippen LogP contribution in [0.25, 0.3) is 10.1 Å². The van der Waals surface area contributed by atoms with Crippen molar-refractivity contribution in [2.45, 2.75) is 0 Å². The molecule has 1 N–H and O–H groups in total. The molecule has 1 aromatic heterocycles. The number of anilines is 1. The van der Waals surface area contributed by atoms with Gasteiger partial charge >= 0.3 is 0 Å². The highest BCUT2D eigenvalue weighted by molar-refractivity contribution is 7.72. The van der Waals surface area contributed by atoms with E-state index in [2.05, 4.69) is 15.3 Å². The van der Waals surface area contributed by atoms with Crippen molar-refractivity contribution >= 4 is 57.0 Å². The third-order valence-corrected chi connectivity index (χ3v) is 6.90. The maximum atomic E-state index is 13.6. The van der Waals surface area contributed by atoms with Crippen LogP contribution in [0, 0.1) is 0 Å². The molecule has 3 aromatic rings. The van der Waals surface area contributed by atoms with Gasteiger partial charge in [-0.15, -0.1) is 10.2 Å². The van der Waals surface area contributed by atoms with Crippen molar-refractivity contribution in [1.82, 2.24) is 10.2 Å². The fraction of sp³-hybridized carbons (Fsp3) is 0. The number of nitrogens with zero attached hydrogens (tertiary/aromatic N) is 2. The topological polar surface area (TPSA) is 54.9 Å². The summed E-state index contributed by atoms with van der Waals surface area (Å²) in [7, 11) is -3.28. The molecular formula is C18H14Cl2N3OPS. The van der Waals surface area contributed by atoms with Crippen LogP contribution in [0.5, 0.6) is 0 Å². The molecule has 0 aliphatic carbocycles. The SMILES string of the molecule is O=P(C=C(Cl)c1ccccc1)(/C=C(\Cl)c1ccccc1)Nc1nncs1. The van der Waals surface area contributed by atoms with Crippen LogP contribution in [-0.4, -0.2) is 10.2 Å². The fourth-order valence-electron chi connectivity index (χ4n) is 2.15. The number of benzene rings is 2. The average molecular weight is 422 g/mol. The second-order valence-electron chi connectivity index (χ2n) is 5.25. The van der Waals surface area contributed by atoms with Gasteiger partial charge in [0, 0.05) is 11.6 Å². The number of aromatic nitrogens is 2. The second kappa shape index (κ2) is 8.65. The zero-order chi connectivity index (χ0) is 18.4. The third kappa shape index (κ3) is 5.05. The number of rotatable bonds is 6. The van der Waals surface area contributed by atoms with Gasteiger partial charge in [0.1, 0.15) is 5.51 Å². The predicted octanol–water partition coefficient (Wildman–Crippen LogP) is 6.70. The zero-order valence-corrected chi connectivity index (χ0v) is 16.6. The van der Waals surface area contributed by atoms with Crippen LogP contribution in [0.3, 0.4) is 0 Å². The zero-order valence-electron chi connectivity index (χ0n) is 13.4. The molecule has 0 spiro atoms. The summed E-state index contributed by atoms with van der Waals surface area (Å²) < 4.78 is 13.6. The molecule has 0 saturated heterocycles. The van der Waals surface area contributed by atoms with E-state index in [1.54, 1.807) is 5.51 Å². The first-order chi connectivity index (χ1) is 12.6. The van der Waals surface area contributed by atoms with Gasteiger partial charge < -0.3 is 5.09 Å². The molecule has 0 fully saturated rings. The van der Waals surface area contributed by atoms with E-state index in [0.29, 0.717) is 15.2 Å². The maximum absolute atomic E-state index is 13.6. The molecule has 0 bridgehead atoms. The van der Waals surface area contributed by atoms with Crippen molar-refractivity contribution in [3.8, 4) is 0 Å². The molecular weight excluding hydrogens is 408 g/mol. The van der Waals surface area contributed by atoms with Crippen molar-refractivity contribution in [2.24, 2.45) is 0 Å². The first-order valence-corrected chi connectivity index (χ1v) is 11.1. The molecule has 1 unspecified atom stereocenters. The predicted molar refractivity (Wildman–Crippen MR) is 112 cm³/mol. The molecule has 0 saturated carbocycles. The molecule has 0 aliphatic rings. The molecule has 0 aliphatic heterocycles. The lowest BCUT2D eigenvalue weighted by Gasteiger charge is -2.13. The normalized spacial score (nSPS) is 14.7. The Labute approximate surface area is 165 Å². The molecule has 26 heavy (non-hydrogen) atoms. The standard InChI is InChI=1S/C18H14Cl2N3OPS/c19-16(14-7-3-1-4-8-14)11-25(24,23-18-22-21-13-26-18)12-17(20)15-9-5-2-6-10-15/h1-13H,(H,22,23,24)/b16-11-,17-12?. The summed E-state index contributed by atoms with van der Waals surface area (Å²) >= 11 is 14.1. The Balaban J connectivity index is 2.01. The van der Waals surface area contributed by atoms with E-state index < -0.39 is 7.29 Å². The maximum Gasteiger partial charge on any atom is 0.217 e. The molecule has 1 atom stereocenters. The molecule has 0 radical (unpaired) electrons. The summed E-state index contributed by atoms with van der Waals surface area (Å²) in [5.74, 6) is 2.97. The largest absolute Gasteiger partial charge is 0.305 e. The van der Waals surface area contributed by atoms with Gasteiger partial charge in [0.25, 0.3) is 0 Å². The number of halogens is 2. The molecule has 4 nitrogen and oxygen atoms in total. The molecule has 132 valence electrons. The summed E-state index contributed by atoms with van der Waals surface area (Å²) in [6.07, 6.45) is 0. The summed E-state index contributed by atoms with van der Waals surface area (Å²) in [5, 5.41) is 11.7. The van der Waals surface area contributed by atoms with E-state index in [1.165, 1.54) is 23.0 Å². The van der Waals surface area contributed by atoms with E-state index in [9.17, 15) is 4.57 Å². The lowest BCUT2D eigenvalue weighted by Crippen LogP contribution is -1.93. The van der Waals surface area contributed by atoms with Gasteiger partial charge in [-0.25, -0.2) is 0 Å². The van der Waals surface area contributed by atoms with Gasteiger partial charge in [0.15, 0.2) is 0 Å². The monoisotopic (exact) mass is 421 g/mol. The summed E-state index contributed by atoms with van der Waals surface area (Å²) in [4.78, 5) is 0.